The summed E-state index contributed by atoms with van der Waals surface area (Å²) >= 11 is 0. The van der Waals surface area contributed by atoms with Gasteiger partial charge in [0, 0.05) is 11.2 Å². The second kappa shape index (κ2) is 4.99. The zero-order valence-electron chi connectivity index (χ0n) is 9.87. The van der Waals surface area contributed by atoms with Crippen LogP contribution in [0.3, 0.4) is 0 Å². The van der Waals surface area contributed by atoms with E-state index in [1.54, 1.807) is 13.8 Å². The molecule has 2 N–H and O–H groups in total. The van der Waals surface area contributed by atoms with Gasteiger partial charge < -0.3 is 5.32 Å². The molecular formula is C10H21NO3S. The van der Waals surface area contributed by atoms with Crippen molar-refractivity contribution in [2.24, 2.45) is 5.92 Å². The van der Waals surface area contributed by atoms with E-state index in [1.165, 1.54) is 0 Å². The second-order valence-electron chi connectivity index (χ2n) is 4.57. The molecule has 0 bridgehead atoms. The van der Waals surface area contributed by atoms with Crippen molar-refractivity contribution in [3.8, 4) is 0 Å². The van der Waals surface area contributed by atoms with Gasteiger partial charge >= 0.3 is 0 Å². The Morgan fingerprint density at radius 2 is 2.00 bits per heavy atom. The molecule has 0 aliphatic heterocycles. The molecule has 5 heteroatoms. The average molecular weight is 235 g/mol. The van der Waals surface area contributed by atoms with E-state index in [2.05, 4.69) is 11.9 Å². The quantitative estimate of drug-likeness (QED) is 0.689. The van der Waals surface area contributed by atoms with Gasteiger partial charge in [-0.3, -0.25) is 4.55 Å². The molecule has 0 aromatic heterocycles. The van der Waals surface area contributed by atoms with Gasteiger partial charge in [0.15, 0.2) is 0 Å². The first-order valence-electron chi connectivity index (χ1n) is 4.99. The highest BCUT2D eigenvalue weighted by molar-refractivity contribution is 7.85. The first kappa shape index (κ1) is 14.5. The van der Waals surface area contributed by atoms with Crippen LogP contribution in [0.5, 0.6) is 0 Å². The first-order valence-corrected chi connectivity index (χ1v) is 6.60. The smallest absolute Gasteiger partial charge is 0.267 e. The van der Waals surface area contributed by atoms with Gasteiger partial charge in [0.2, 0.25) is 0 Å². The second-order valence-corrected chi connectivity index (χ2v) is 6.02. The maximum absolute atomic E-state index is 10.8. The number of rotatable bonds is 6. The average Bonchev–Trinajstić information content (AvgIpc) is 1.96. The Balaban J connectivity index is 4.45. The first-order chi connectivity index (χ1) is 6.57. The minimum atomic E-state index is -3.96. The van der Waals surface area contributed by atoms with Crippen molar-refractivity contribution in [2.45, 2.75) is 39.7 Å². The van der Waals surface area contributed by atoms with Crippen molar-refractivity contribution in [1.29, 1.82) is 0 Å². The molecular weight excluding hydrogens is 214 g/mol. The minimum Gasteiger partial charge on any atom is -0.383 e. The summed E-state index contributed by atoms with van der Waals surface area (Å²) in [5.41, 5.74) is 0.0971. The molecule has 0 amide bonds. The van der Waals surface area contributed by atoms with Crippen LogP contribution in [-0.2, 0) is 10.1 Å². The summed E-state index contributed by atoms with van der Waals surface area (Å²) in [6.45, 7) is 11.3. The summed E-state index contributed by atoms with van der Waals surface area (Å²) in [4.78, 5) is 0. The van der Waals surface area contributed by atoms with E-state index in [1.807, 2.05) is 13.8 Å². The van der Waals surface area contributed by atoms with Crippen LogP contribution in [0.1, 0.15) is 34.1 Å². The van der Waals surface area contributed by atoms with E-state index in [0.717, 1.165) is 12.1 Å². The summed E-state index contributed by atoms with van der Waals surface area (Å²) in [5.74, 6) is -0.0409. The van der Waals surface area contributed by atoms with Crippen LogP contribution in [0.2, 0.25) is 0 Å². The fourth-order valence-corrected chi connectivity index (χ4v) is 2.28. The normalized spacial score (nSPS) is 14.7. The molecule has 0 rings (SSSR count). The van der Waals surface area contributed by atoms with Crippen LogP contribution in [0.25, 0.3) is 0 Å². The zero-order valence-corrected chi connectivity index (χ0v) is 10.7. The topological polar surface area (TPSA) is 66.4 Å². The van der Waals surface area contributed by atoms with Crippen LogP contribution in [0.4, 0.5) is 0 Å². The summed E-state index contributed by atoms with van der Waals surface area (Å²) in [7, 11) is -3.96. The third-order valence-electron chi connectivity index (χ3n) is 2.25. The van der Waals surface area contributed by atoms with E-state index in [-0.39, 0.29) is 11.7 Å². The van der Waals surface area contributed by atoms with Gasteiger partial charge in [-0.1, -0.05) is 20.4 Å². The lowest BCUT2D eigenvalue weighted by Gasteiger charge is -2.29. The summed E-state index contributed by atoms with van der Waals surface area (Å²) < 4.78 is 30.3. The molecule has 90 valence electrons. The molecule has 0 heterocycles. The van der Waals surface area contributed by atoms with Crippen molar-refractivity contribution >= 4 is 10.1 Å². The van der Waals surface area contributed by atoms with Crippen LogP contribution < -0.4 is 5.32 Å². The van der Waals surface area contributed by atoms with Crippen LogP contribution in [-0.4, -0.2) is 24.3 Å². The highest BCUT2D eigenvalue weighted by Crippen LogP contribution is 2.15. The summed E-state index contributed by atoms with van der Waals surface area (Å²) in [5, 5.41) is 3.03. The van der Waals surface area contributed by atoms with Gasteiger partial charge in [0.1, 0.15) is 0 Å². The molecule has 4 nitrogen and oxygen atoms in total. The fourth-order valence-electron chi connectivity index (χ4n) is 1.30. The van der Waals surface area contributed by atoms with E-state index in [0.29, 0.717) is 0 Å². The third-order valence-corrected chi connectivity index (χ3v) is 3.34. The lowest BCUT2D eigenvalue weighted by molar-refractivity contribution is 0.411. The monoisotopic (exact) mass is 235 g/mol. The van der Waals surface area contributed by atoms with Gasteiger partial charge in [-0.25, -0.2) is 0 Å². The predicted octanol–water partition coefficient (Wildman–Crippen LogP) is 1.80. The highest BCUT2D eigenvalue weighted by atomic mass is 32.2. The molecule has 0 aromatic rings. The van der Waals surface area contributed by atoms with E-state index in [9.17, 15) is 8.42 Å². The Morgan fingerprint density at radius 3 is 2.33 bits per heavy atom. The van der Waals surface area contributed by atoms with Crippen LogP contribution in [0.15, 0.2) is 12.3 Å². The molecule has 15 heavy (non-hydrogen) atoms. The Kier molecular flexibility index (Phi) is 4.80. The number of hydrogen-bond donors (Lipinski definition) is 2. The Hall–Kier alpha value is -0.550. The Bertz CT molecular complexity index is 320. The Morgan fingerprint density at radius 1 is 1.53 bits per heavy atom. The molecule has 0 radical (unpaired) electrons. The highest BCUT2D eigenvalue weighted by Gasteiger charge is 2.25. The van der Waals surface area contributed by atoms with Gasteiger partial charge in [-0.2, -0.15) is 8.42 Å². The van der Waals surface area contributed by atoms with Crippen molar-refractivity contribution in [2.75, 3.05) is 5.75 Å². The molecule has 1 unspecified atom stereocenters. The molecule has 0 aliphatic carbocycles. The fraction of sp³-hybridized carbons (Fsp3) is 0.800. The van der Waals surface area contributed by atoms with Crippen molar-refractivity contribution < 1.29 is 13.0 Å². The van der Waals surface area contributed by atoms with E-state index in [4.69, 9.17) is 4.55 Å². The van der Waals surface area contributed by atoms with E-state index < -0.39 is 15.7 Å². The summed E-state index contributed by atoms with van der Waals surface area (Å²) in [6, 6.07) is 0. The number of hydrogen-bond acceptors (Lipinski definition) is 3. The number of nitrogens with one attached hydrogen (secondary N) is 1. The Labute approximate surface area is 92.5 Å². The molecule has 0 saturated heterocycles. The molecule has 0 saturated carbocycles. The standard InChI is InChI=1S/C10H21NO3S/c1-6-8(2)9(3)11-10(4,5)7-15(12,13)14/h8,11H,3,6-7H2,1-2,4-5H3,(H,12,13,14). The molecule has 1 atom stereocenters. The van der Waals surface area contributed by atoms with Crippen molar-refractivity contribution in [3.63, 3.8) is 0 Å². The molecule has 0 aliphatic rings. The lowest BCUT2D eigenvalue weighted by Crippen LogP contribution is -2.45. The maximum atomic E-state index is 10.8. The van der Waals surface area contributed by atoms with Crippen molar-refractivity contribution in [1.82, 2.24) is 5.32 Å². The number of allylic oxidation sites excluding steroid dienone is 1. The maximum Gasteiger partial charge on any atom is 0.267 e. The largest absolute Gasteiger partial charge is 0.383 e. The van der Waals surface area contributed by atoms with Crippen molar-refractivity contribution in [3.05, 3.63) is 12.3 Å². The SMILES string of the molecule is C=C(NC(C)(C)CS(=O)(=O)O)C(C)CC. The molecule has 0 fully saturated rings. The van der Waals surface area contributed by atoms with Crippen LogP contribution >= 0.6 is 0 Å². The van der Waals surface area contributed by atoms with Gasteiger partial charge in [-0.05, 0) is 26.2 Å². The lowest BCUT2D eigenvalue weighted by atomic mass is 10.0. The summed E-state index contributed by atoms with van der Waals surface area (Å²) in [6.07, 6.45) is 0.938. The van der Waals surface area contributed by atoms with Crippen LogP contribution in [0, 0.1) is 5.92 Å². The van der Waals surface area contributed by atoms with Gasteiger partial charge in [0.25, 0.3) is 10.1 Å². The molecule has 0 aromatic carbocycles. The zero-order chi connectivity index (χ0) is 12.3. The minimum absolute atomic E-state index is 0.283. The van der Waals surface area contributed by atoms with E-state index >= 15 is 0 Å². The van der Waals surface area contributed by atoms with Gasteiger partial charge in [-0.15, -0.1) is 0 Å². The van der Waals surface area contributed by atoms with Gasteiger partial charge in [0.05, 0.1) is 5.75 Å². The molecule has 0 spiro atoms. The third kappa shape index (κ3) is 6.52. The predicted molar refractivity (Wildman–Crippen MR) is 62.2 cm³/mol.